The molecule has 20 heavy (non-hydrogen) atoms. The molecule has 2 atom stereocenters. The predicted octanol–water partition coefficient (Wildman–Crippen LogP) is 1.14. The summed E-state index contributed by atoms with van der Waals surface area (Å²) in [5.41, 5.74) is 0.173. The standard InChI is InChI=1S/C14H24N2O4/c1-3-14(4-2)5-6-15(9-14)13(20)16-8-10(17)7-11(16)12(18)19/h10-11,17H,3-9H2,1-2H3,(H,18,19)/t10-,11-/m0/s1. The Morgan fingerprint density at radius 3 is 2.45 bits per heavy atom. The fourth-order valence-electron chi connectivity index (χ4n) is 3.37. The van der Waals surface area contributed by atoms with Crippen LogP contribution in [-0.2, 0) is 4.79 Å². The van der Waals surface area contributed by atoms with E-state index in [4.69, 9.17) is 5.11 Å². The minimum atomic E-state index is -1.04. The molecule has 2 amide bonds. The van der Waals surface area contributed by atoms with Crippen LogP contribution in [0.4, 0.5) is 4.79 Å². The SMILES string of the molecule is CCC1(CC)CCN(C(=O)N2C[C@@H](O)C[C@H]2C(=O)O)C1. The van der Waals surface area contributed by atoms with Gasteiger partial charge < -0.3 is 20.0 Å². The lowest BCUT2D eigenvalue weighted by Crippen LogP contribution is -2.48. The van der Waals surface area contributed by atoms with E-state index in [0.29, 0.717) is 13.1 Å². The van der Waals surface area contributed by atoms with Crippen LogP contribution in [-0.4, -0.2) is 63.8 Å². The topological polar surface area (TPSA) is 81.1 Å². The van der Waals surface area contributed by atoms with Gasteiger partial charge in [0.05, 0.1) is 6.10 Å². The smallest absolute Gasteiger partial charge is 0.326 e. The van der Waals surface area contributed by atoms with Crippen LogP contribution in [0, 0.1) is 5.41 Å². The number of aliphatic hydroxyl groups is 1. The maximum atomic E-state index is 12.5. The Labute approximate surface area is 119 Å². The molecule has 0 spiro atoms. The van der Waals surface area contributed by atoms with Crippen molar-refractivity contribution in [3.63, 3.8) is 0 Å². The van der Waals surface area contributed by atoms with Crippen molar-refractivity contribution < 1.29 is 19.8 Å². The first-order valence-corrected chi connectivity index (χ1v) is 7.39. The van der Waals surface area contributed by atoms with Gasteiger partial charge in [0.1, 0.15) is 6.04 Å². The van der Waals surface area contributed by atoms with Crippen LogP contribution in [0.2, 0.25) is 0 Å². The molecule has 0 saturated carbocycles. The second kappa shape index (κ2) is 5.60. The maximum Gasteiger partial charge on any atom is 0.326 e. The fourth-order valence-corrected chi connectivity index (χ4v) is 3.37. The van der Waals surface area contributed by atoms with Crippen LogP contribution in [0.15, 0.2) is 0 Å². The van der Waals surface area contributed by atoms with Crippen molar-refractivity contribution in [2.75, 3.05) is 19.6 Å². The molecule has 2 heterocycles. The molecule has 6 nitrogen and oxygen atoms in total. The summed E-state index contributed by atoms with van der Waals surface area (Å²) < 4.78 is 0. The summed E-state index contributed by atoms with van der Waals surface area (Å²) in [6.45, 7) is 5.77. The normalized spacial score (nSPS) is 28.9. The number of carboxylic acids is 1. The lowest BCUT2D eigenvalue weighted by atomic mass is 9.82. The van der Waals surface area contributed by atoms with Crippen LogP contribution >= 0.6 is 0 Å². The number of hydrogen-bond donors (Lipinski definition) is 2. The van der Waals surface area contributed by atoms with Gasteiger partial charge in [0.2, 0.25) is 0 Å². The number of nitrogens with zero attached hydrogens (tertiary/aromatic N) is 2. The van der Waals surface area contributed by atoms with Gasteiger partial charge in [-0.25, -0.2) is 9.59 Å². The van der Waals surface area contributed by atoms with Crippen molar-refractivity contribution in [1.29, 1.82) is 0 Å². The molecule has 0 bridgehead atoms. The molecular formula is C14H24N2O4. The average Bonchev–Trinajstić information content (AvgIpc) is 3.02. The highest BCUT2D eigenvalue weighted by Gasteiger charge is 2.44. The van der Waals surface area contributed by atoms with Crippen molar-refractivity contribution in [2.24, 2.45) is 5.41 Å². The number of carboxylic acid groups (broad SMARTS) is 1. The molecule has 2 saturated heterocycles. The third-order valence-corrected chi connectivity index (χ3v) is 5.02. The predicted molar refractivity (Wildman–Crippen MR) is 73.4 cm³/mol. The van der Waals surface area contributed by atoms with Gasteiger partial charge in [0.15, 0.2) is 0 Å². The van der Waals surface area contributed by atoms with Crippen molar-refractivity contribution >= 4 is 12.0 Å². The van der Waals surface area contributed by atoms with E-state index in [2.05, 4.69) is 13.8 Å². The van der Waals surface area contributed by atoms with Crippen LogP contribution in [0.25, 0.3) is 0 Å². The number of amides is 2. The first-order valence-electron chi connectivity index (χ1n) is 7.39. The lowest BCUT2D eigenvalue weighted by Gasteiger charge is -2.30. The lowest BCUT2D eigenvalue weighted by molar-refractivity contribution is -0.141. The van der Waals surface area contributed by atoms with Gasteiger partial charge >= 0.3 is 12.0 Å². The van der Waals surface area contributed by atoms with Gasteiger partial charge in [-0.2, -0.15) is 0 Å². The maximum absolute atomic E-state index is 12.5. The van der Waals surface area contributed by atoms with E-state index >= 15 is 0 Å². The highest BCUT2D eigenvalue weighted by molar-refractivity contribution is 5.83. The number of likely N-dealkylation sites (tertiary alicyclic amines) is 2. The van der Waals surface area contributed by atoms with E-state index in [-0.39, 0.29) is 24.4 Å². The summed E-state index contributed by atoms with van der Waals surface area (Å²) in [7, 11) is 0. The Bertz CT molecular complexity index is 395. The van der Waals surface area contributed by atoms with Crippen LogP contribution in [0.1, 0.15) is 39.5 Å². The molecule has 0 unspecified atom stereocenters. The third-order valence-electron chi connectivity index (χ3n) is 5.02. The Balaban J connectivity index is 2.07. The fraction of sp³-hybridized carbons (Fsp3) is 0.857. The number of aliphatic carboxylic acids is 1. The number of β-amino-alcohol motifs (C(OH)–C–C–N with tert-alkyl or cyclic N) is 1. The van der Waals surface area contributed by atoms with E-state index in [0.717, 1.165) is 19.3 Å². The molecule has 0 radical (unpaired) electrons. The molecule has 2 aliphatic heterocycles. The summed E-state index contributed by atoms with van der Waals surface area (Å²) >= 11 is 0. The molecule has 114 valence electrons. The molecule has 0 aromatic rings. The zero-order valence-corrected chi connectivity index (χ0v) is 12.2. The molecule has 2 N–H and O–H groups in total. The van der Waals surface area contributed by atoms with Gasteiger partial charge in [-0.3, -0.25) is 0 Å². The number of aliphatic hydroxyl groups excluding tert-OH is 1. The Hall–Kier alpha value is -1.30. The first-order chi connectivity index (χ1) is 9.42. The largest absolute Gasteiger partial charge is 0.480 e. The Morgan fingerprint density at radius 1 is 1.30 bits per heavy atom. The van der Waals surface area contributed by atoms with Crippen LogP contribution < -0.4 is 0 Å². The van der Waals surface area contributed by atoms with Gasteiger partial charge in [-0.1, -0.05) is 13.8 Å². The average molecular weight is 284 g/mol. The molecule has 6 heteroatoms. The van der Waals surface area contributed by atoms with Crippen LogP contribution in [0.3, 0.4) is 0 Å². The van der Waals surface area contributed by atoms with Gasteiger partial charge in [0.25, 0.3) is 0 Å². The molecular weight excluding hydrogens is 260 g/mol. The second-order valence-corrected chi connectivity index (χ2v) is 6.06. The highest BCUT2D eigenvalue weighted by atomic mass is 16.4. The monoisotopic (exact) mass is 284 g/mol. The van der Waals surface area contributed by atoms with E-state index in [1.807, 2.05) is 0 Å². The Morgan fingerprint density at radius 2 is 1.95 bits per heavy atom. The summed E-state index contributed by atoms with van der Waals surface area (Å²) in [5.74, 6) is -1.04. The van der Waals surface area contributed by atoms with Crippen molar-refractivity contribution in [2.45, 2.75) is 51.7 Å². The van der Waals surface area contributed by atoms with Gasteiger partial charge in [-0.05, 0) is 24.7 Å². The summed E-state index contributed by atoms with van der Waals surface area (Å²) in [6, 6.07) is -1.13. The molecule has 2 rings (SSSR count). The Kier molecular flexibility index (Phi) is 4.22. The summed E-state index contributed by atoms with van der Waals surface area (Å²) in [4.78, 5) is 26.8. The van der Waals surface area contributed by atoms with Gasteiger partial charge in [0, 0.05) is 26.1 Å². The van der Waals surface area contributed by atoms with Crippen molar-refractivity contribution in [1.82, 2.24) is 9.80 Å². The van der Waals surface area contributed by atoms with E-state index in [1.54, 1.807) is 4.90 Å². The number of hydrogen-bond acceptors (Lipinski definition) is 3. The minimum absolute atomic E-state index is 0.123. The quantitative estimate of drug-likeness (QED) is 0.814. The molecule has 2 aliphatic rings. The summed E-state index contributed by atoms with van der Waals surface area (Å²) in [6.07, 6.45) is 2.42. The zero-order chi connectivity index (χ0) is 14.9. The van der Waals surface area contributed by atoms with Crippen LogP contribution in [0.5, 0.6) is 0 Å². The van der Waals surface area contributed by atoms with Crippen molar-refractivity contribution in [3.05, 3.63) is 0 Å². The number of carbonyl (C=O) groups is 2. The van der Waals surface area contributed by atoms with E-state index in [1.165, 1.54) is 4.90 Å². The van der Waals surface area contributed by atoms with Crippen molar-refractivity contribution in [3.8, 4) is 0 Å². The first kappa shape index (κ1) is 15.1. The number of urea groups is 1. The molecule has 0 aromatic carbocycles. The molecule has 0 aliphatic carbocycles. The number of rotatable bonds is 3. The minimum Gasteiger partial charge on any atom is -0.480 e. The summed E-state index contributed by atoms with van der Waals surface area (Å²) in [5, 5.41) is 18.8. The molecule has 2 fully saturated rings. The number of carbonyl (C=O) groups excluding carboxylic acids is 1. The zero-order valence-electron chi connectivity index (χ0n) is 12.2. The second-order valence-electron chi connectivity index (χ2n) is 6.06. The molecule has 0 aromatic heterocycles. The highest BCUT2D eigenvalue weighted by Crippen LogP contribution is 2.37. The van der Waals surface area contributed by atoms with Gasteiger partial charge in [-0.15, -0.1) is 0 Å². The van der Waals surface area contributed by atoms with E-state index in [9.17, 15) is 14.7 Å². The third kappa shape index (κ3) is 2.61. The van der Waals surface area contributed by atoms with E-state index < -0.39 is 18.1 Å².